The van der Waals surface area contributed by atoms with Gasteiger partial charge in [-0.15, -0.1) is 0 Å². The first-order valence-corrected chi connectivity index (χ1v) is 8.89. The monoisotopic (exact) mass is 353 g/mol. The topological polar surface area (TPSA) is 71.5 Å². The van der Waals surface area contributed by atoms with Crippen LogP contribution >= 0.6 is 0 Å². The minimum absolute atomic E-state index is 0.0202. The first kappa shape index (κ1) is 17.9. The van der Waals surface area contributed by atoms with Crippen molar-refractivity contribution < 1.29 is 14.3 Å². The third kappa shape index (κ3) is 4.81. The number of amides is 2. The van der Waals surface area contributed by atoms with Crippen molar-refractivity contribution in [2.24, 2.45) is 5.92 Å². The lowest BCUT2D eigenvalue weighted by Crippen LogP contribution is -2.43. The van der Waals surface area contributed by atoms with Crippen LogP contribution in [0.3, 0.4) is 0 Å². The van der Waals surface area contributed by atoms with Gasteiger partial charge in [-0.1, -0.05) is 18.2 Å². The number of rotatable bonds is 6. The van der Waals surface area contributed by atoms with E-state index >= 15 is 0 Å². The Balaban J connectivity index is 1.37. The minimum Gasteiger partial charge on any atom is -0.492 e. The van der Waals surface area contributed by atoms with E-state index in [0.29, 0.717) is 44.6 Å². The van der Waals surface area contributed by atoms with Crippen LogP contribution in [0.2, 0.25) is 0 Å². The van der Waals surface area contributed by atoms with E-state index in [1.165, 1.54) is 0 Å². The fourth-order valence-electron chi connectivity index (χ4n) is 3.02. The van der Waals surface area contributed by atoms with Gasteiger partial charge in [-0.2, -0.15) is 0 Å². The van der Waals surface area contributed by atoms with Crippen LogP contribution in [-0.4, -0.2) is 47.9 Å². The number of para-hydroxylation sites is 1. The van der Waals surface area contributed by atoms with Crippen LogP contribution in [0, 0.1) is 5.92 Å². The number of ether oxygens (including phenoxy) is 1. The molecule has 2 aromatic rings. The fourth-order valence-corrected chi connectivity index (χ4v) is 3.02. The van der Waals surface area contributed by atoms with Crippen molar-refractivity contribution in [1.82, 2.24) is 15.2 Å². The molecule has 6 heteroatoms. The van der Waals surface area contributed by atoms with Gasteiger partial charge in [-0.05, 0) is 37.1 Å². The van der Waals surface area contributed by atoms with E-state index < -0.39 is 0 Å². The van der Waals surface area contributed by atoms with E-state index in [9.17, 15) is 9.59 Å². The molecule has 1 N–H and O–H groups in total. The predicted octanol–water partition coefficient (Wildman–Crippen LogP) is 2.13. The summed E-state index contributed by atoms with van der Waals surface area (Å²) in [5.41, 5.74) is 0.591. The van der Waals surface area contributed by atoms with Crippen LogP contribution in [0.5, 0.6) is 5.75 Å². The molecular weight excluding hydrogens is 330 g/mol. The van der Waals surface area contributed by atoms with Gasteiger partial charge in [0, 0.05) is 31.4 Å². The van der Waals surface area contributed by atoms with Crippen molar-refractivity contribution in [2.75, 3.05) is 26.2 Å². The number of likely N-dealkylation sites (tertiary alicyclic amines) is 1. The van der Waals surface area contributed by atoms with Crippen LogP contribution in [0.15, 0.2) is 54.9 Å². The molecule has 1 aromatic heterocycles. The molecule has 0 atom stereocenters. The highest BCUT2D eigenvalue weighted by molar-refractivity contribution is 5.94. The maximum atomic E-state index is 12.4. The number of nitrogens with zero attached hydrogens (tertiary/aromatic N) is 2. The second-order valence-electron chi connectivity index (χ2n) is 6.26. The molecule has 1 aliphatic heterocycles. The summed E-state index contributed by atoms with van der Waals surface area (Å²) in [7, 11) is 0. The molecule has 0 aliphatic carbocycles. The van der Waals surface area contributed by atoms with Crippen LogP contribution in [0.1, 0.15) is 23.2 Å². The van der Waals surface area contributed by atoms with Gasteiger partial charge in [0.05, 0.1) is 12.1 Å². The molecule has 1 aromatic carbocycles. The first-order chi connectivity index (χ1) is 12.7. The SMILES string of the molecule is O=C(NCCOc1ccccc1)C1CCN(C(=O)c2cccnc2)CC1. The standard InChI is InChI=1S/C20H23N3O3/c24-19(22-11-14-26-18-6-2-1-3-7-18)16-8-12-23(13-9-16)20(25)17-5-4-10-21-15-17/h1-7,10,15-16H,8-9,11-14H2,(H,22,24). The van der Waals surface area contributed by atoms with Gasteiger partial charge in [-0.25, -0.2) is 0 Å². The summed E-state index contributed by atoms with van der Waals surface area (Å²) >= 11 is 0. The molecule has 0 radical (unpaired) electrons. The number of benzene rings is 1. The van der Waals surface area contributed by atoms with Gasteiger partial charge in [0.2, 0.25) is 5.91 Å². The lowest BCUT2D eigenvalue weighted by Gasteiger charge is -2.31. The molecule has 2 heterocycles. The number of carbonyl (C=O) groups excluding carboxylic acids is 2. The molecule has 1 fully saturated rings. The number of hydrogen-bond donors (Lipinski definition) is 1. The summed E-state index contributed by atoms with van der Waals surface area (Å²) in [5, 5.41) is 2.92. The Labute approximate surface area is 153 Å². The highest BCUT2D eigenvalue weighted by atomic mass is 16.5. The lowest BCUT2D eigenvalue weighted by molar-refractivity contribution is -0.126. The lowest BCUT2D eigenvalue weighted by atomic mass is 9.95. The Bertz CT molecular complexity index is 714. The zero-order chi connectivity index (χ0) is 18.2. The molecule has 6 nitrogen and oxygen atoms in total. The third-order valence-corrected chi connectivity index (χ3v) is 4.47. The van der Waals surface area contributed by atoms with E-state index in [-0.39, 0.29) is 17.7 Å². The van der Waals surface area contributed by atoms with Crippen LogP contribution in [0.25, 0.3) is 0 Å². The maximum absolute atomic E-state index is 12.4. The van der Waals surface area contributed by atoms with Gasteiger partial charge in [0.25, 0.3) is 5.91 Å². The van der Waals surface area contributed by atoms with Crippen LogP contribution in [-0.2, 0) is 4.79 Å². The average molecular weight is 353 g/mol. The fraction of sp³-hybridized carbons (Fsp3) is 0.350. The van der Waals surface area contributed by atoms with Crippen molar-refractivity contribution >= 4 is 11.8 Å². The summed E-state index contributed by atoms with van der Waals surface area (Å²) in [4.78, 5) is 30.4. The Morgan fingerprint density at radius 2 is 1.88 bits per heavy atom. The van der Waals surface area contributed by atoms with Gasteiger partial charge in [0.1, 0.15) is 12.4 Å². The first-order valence-electron chi connectivity index (χ1n) is 8.89. The van der Waals surface area contributed by atoms with E-state index in [0.717, 1.165) is 5.75 Å². The number of piperidine rings is 1. The largest absolute Gasteiger partial charge is 0.492 e. The Morgan fingerprint density at radius 3 is 2.58 bits per heavy atom. The molecule has 0 unspecified atom stereocenters. The molecule has 1 saturated heterocycles. The zero-order valence-electron chi connectivity index (χ0n) is 14.6. The molecule has 26 heavy (non-hydrogen) atoms. The molecule has 1 aliphatic rings. The number of carbonyl (C=O) groups is 2. The molecular formula is C20H23N3O3. The third-order valence-electron chi connectivity index (χ3n) is 4.47. The summed E-state index contributed by atoms with van der Waals surface area (Å²) in [5.74, 6) is 0.761. The maximum Gasteiger partial charge on any atom is 0.255 e. The smallest absolute Gasteiger partial charge is 0.255 e. The van der Waals surface area contributed by atoms with E-state index in [1.54, 1.807) is 29.4 Å². The molecule has 3 rings (SSSR count). The number of nitrogens with one attached hydrogen (secondary N) is 1. The molecule has 2 amide bonds. The highest BCUT2D eigenvalue weighted by Gasteiger charge is 2.27. The quantitative estimate of drug-likeness (QED) is 0.808. The minimum atomic E-state index is -0.0512. The predicted molar refractivity (Wildman–Crippen MR) is 97.8 cm³/mol. The Morgan fingerprint density at radius 1 is 1.12 bits per heavy atom. The highest BCUT2D eigenvalue weighted by Crippen LogP contribution is 2.19. The van der Waals surface area contributed by atoms with E-state index in [4.69, 9.17) is 4.74 Å². The normalized spacial score (nSPS) is 14.7. The van der Waals surface area contributed by atoms with Crippen molar-refractivity contribution in [3.63, 3.8) is 0 Å². The van der Waals surface area contributed by atoms with Gasteiger partial charge >= 0.3 is 0 Å². The van der Waals surface area contributed by atoms with Gasteiger partial charge < -0.3 is 15.0 Å². The van der Waals surface area contributed by atoms with Crippen LogP contribution < -0.4 is 10.1 Å². The molecule has 0 spiro atoms. The van der Waals surface area contributed by atoms with Gasteiger partial charge in [-0.3, -0.25) is 14.6 Å². The summed E-state index contributed by atoms with van der Waals surface area (Å²) in [6.07, 6.45) is 4.58. The van der Waals surface area contributed by atoms with Crippen molar-refractivity contribution in [3.8, 4) is 5.75 Å². The van der Waals surface area contributed by atoms with Crippen molar-refractivity contribution in [2.45, 2.75) is 12.8 Å². The molecule has 0 saturated carbocycles. The van der Waals surface area contributed by atoms with Crippen molar-refractivity contribution in [1.29, 1.82) is 0 Å². The van der Waals surface area contributed by atoms with Crippen molar-refractivity contribution in [3.05, 3.63) is 60.4 Å². The average Bonchev–Trinajstić information content (AvgIpc) is 2.72. The zero-order valence-corrected chi connectivity index (χ0v) is 14.6. The molecule has 136 valence electrons. The number of hydrogen-bond acceptors (Lipinski definition) is 4. The van der Waals surface area contributed by atoms with E-state index in [1.807, 2.05) is 30.3 Å². The summed E-state index contributed by atoms with van der Waals surface area (Å²) in [6.45, 7) is 2.09. The van der Waals surface area contributed by atoms with Gasteiger partial charge in [0.15, 0.2) is 0 Å². The Kier molecular flexibility index (Phi) is 6.19. The second kappa shape index (κ2) is 8.99. The summed E-state index contributed by atoms with van der Waals surface area (Å²) < 4.78 is 5.57. The Hall–Kier alpha value is -2.89. The second-order valence-corrected chi connectivity index (χ2v) is 6.26. The number of aromatic nitrogens is 1. The molecule has 0 bridgehead atoms. The summed E-state index contributed by atoms with van der Waals surface area (Å²) in [6, 6.07) is 13.0. The van der Waals surface area contributed by atoms with E-state index in [2.05, 4.69) is 10.3 Å². The van der Waals surface area contributed by atoms with Crippen LogP contribution in [0.4, 0.5) is 0 Å². The number of pyridine rings is 1.